The number of hydrogen-bond acceptors (Lipinski definition) is 6. The van der Waals surface area contributed by atoms with Gasteiger partial charge in [-0.25, -0.2) is 9.78 Å². The number of ether oxygens (including phenoxy) is 2. The number of aromatic amines is 1. The summed E-state index contributed by atoms with van der Waals surface area (Å²) in [7, 11) is 1.54. The molecule has 0 saturated heterocycles. The largest absolute Gasteiger partial charge is 0.459 e. The Labute approximate surface area is 166 Å². The summed E-state index contributed by atoms with van der Waals surface area (Å²) >= 11 is 1.19. The minimum absolute atomic E-state index is 0.171. The number of rotatable bonds is 8. The maximum atomic E-state index is 12.6. The van der Waals surface area contributed by atoms with Crippen LogP contribution in [0.5, 0.6) is 0 Å². The number of nitrogens with one attached hydrogen (secondary N) is 1. The number of benzene rings is 1. The lowest BCUT2D eigenvalue weighted by molar-refractivity contribution is -0.708. The zero-order valence-corrected chi connectivity index (χ0v) is 17.0. The molecule has 0 aliphatic heterocycles. The first kappa shape index (κ1) is 20.2. The van der Waals surface area contributed by atoms with Gasteiger partial charge in [-0.15, -0.1) is 11.3 Å². The fourth-order valence-corrected chi connectivity index (χ4v) is 4.04. The van der Waals surface area contributed by atoms with Crippen LogP contribution in [0.4, 0.5) is 0 Å². The van der Waals surface area contributed by atoms with Crippen molar-refractivity contribution in [1.29, 1.82) is 0 Å². The van der Waals surface area contributed by atoms with Gasteiger partial charge in [-0.05, 0) is 19.4 Å². The van der Waals surface area contributed by atoms with Gasteiger partial charge in [0.2, 0.25) is 0 Å². The lowest BCUT2D eigenvalue weighted by Crippen LogP contribution is -2.83. The minimum atomic E-state index is -0.456. The molecular weight excluding hydrogens is 378 g/mol. The minimum Gasteiger partial charge on any atom is -0.459 e. The Morgan fingerprint density at radius 2 is 2.04 bits per heavy atom. The average molecular weight is 402 g/mol. The number of aryl methyl sites for hydroxylation is 1. The van der Waals surface area contributed by atoms with Crippen molar-refractivity contribution in [1.82, 2.24) is 9.97 Å². The predicted molar refractivity (Wildman–Crippen MR) is 108 cm³/mol. The van der Waals surface area contributed by atoms with E-state index < -0.39 is 5.97 Å². The second-order valence-electron chi connectivity index (χ2n) is 6.52. The molecule has 0 fully saturated rings. The number of methoxy groups -OCH3 is 1. The predicted octanol–water partition coefficient (Wildman–Crippen LogP) is 1.92. The van der Waals surface area contributed by atoms with Crippen LogP contribution in [0.2, 0.25) is 0 Å². The van der Waals surface area contributed by atoms with Gasteiger partial charge in [-0.2, -0.15) is 0 Å². The van der Waals surface area contributed by atoms with E-state index in [1.54, 1.807) is 14.0 Å². The van der Waals surface area contributed by atoms with E-state index >= 15 is 0 Å². The molecule has 0 spiro atoms. The molecule has 3 N–H and O–H groups in total. The number of H-pyrrole nitrogens is 1. The third-order valence-electron chi connectivity index (χ3n) is 4.55. The summed E-state index contributed by atoms with van der Waals surface area (Å²) in [6.45, 7) is 4.88. The first-order valence-electron chi connectivity index (χ1n) is 9.08. The van der Waals surface area contributed by atoms with E-state index in [4.69, 9.17) is 9.47 Å². The van der Waals surface area contributed by atoms with Crippen LogP contribution in [0, 0.1) is 6.92 Å². The number of carbonyl (C=O) groups excluding carboxylic acids is 1. The van der Waals surface area contributed by atoms with Gasteiger partial charge in [-0.1, -0.05) is 30.3 Å². The lowest BCUT2D eigenvalue weighted by Gasteiger charge is -2.10. The normalized spacial score (nSPS) is 12.2. The molecule has 3 rings (SSSR count). The average Bonchev–Trinajstić information content (AvgIpc) is 3.04. The zero-order chi connectivity index (χ0) is 20.1. The Balaban J connectivity index is 1.78. The number of carbonyl (C=O) groups is 1. The highest BCUT2D eigenvalue weighted by atomic mass is 32.1. The van der Waals surface area contributed by atoms with Gasteiger partial charge in [0.25, 0.3) is 5.56 Å². The summed E-state index contributed by atoms with van der Waals surface area (Å²) in [4.78, 5) is 33.2. The molecule has 1 atom stereocenters. The quantitative estimate of drug-likeness (QED) is 0.443. The molecule has 8 heteroatoms. The second kappa shape index (κ2) is 9.09. The molecule has 3 aromatic rings. The van der Waals surface area contributed by atoms with Crippen molar-refractivity contribution < 1.29 is 19.6 Å². The summed E-state index contributed by atoms with van der Waals surface area (Å²) in [6, 6.07) is 10.4. The van der Waals surface area contributed by atoms with Crippen molar-refractivity contribution in [2.75, 3.05) is 20.3 Å². The summed E-state index contributed by atoms with van der Waals surface area (Å²) in [6.07, 6.45) is 0. The Morgan fingerprint density at radius 1 is 1.29 bits per heavy atom. The van der Waals surface area contributed by atoms with Crippen molar-refractivity contribution in [3.63, 3.8) is 0 Å². The lowest BCUT2D eigenvalue weighted by atomic mass is 10.1. The zero-order valence-electron chi connectivity index (χ0n) is 16.2. The number of nitrogens with zero attached hydrogens (tertiary/aromatic N) is 1. The molecule has 0 aliphatic carbocycles. The van der Waals surface area contributed by atoms with Crippen LogP contribution in [0.25, 0.3) is 10.2 Å². The molecule has 28 heavy (non-hydrogen) atoms. The third-order valence-corrected chi connectivity index (χ3v) is 5.71. The molecule has 0 radical (unpaired) electrons. The number of esters is 1. The first-order chi connectivity index (χ1) is 13.5. The smallest absolute Gasteiger partial charge is 0.348 e. The fourth-order valence-electron chi connectivity index (χ4n) is 2.94. The highest BCUT2D eigenvalue weighted by Crippen LogP contribution is 2.27. The van der Waals surface area contributed by atoms with Crippen LogP contribution in [-0.4, -0.2) is 36.3 Å². The maximum Gasteiger partial charge on any atom is 0.348 e. The fraction of sp³-hybridized carbons (Fsp3) is 0.350. The third kappa shape index (κ3) is 4.46. The van der Waals surface area contributed by atoms with Crippen LogP contribution in [0.1, 0.15) is 39.6 Å². The SMILES string of the molecule is COCCOC(=O)c1sc2nc(C[NH2+][C@H](C)c3ccccc3)[nH]c(=O)c2c1C. The Morgan fingerprint density at radius 3 is 2.75 bits per heavy atom. The molecular formula is C20H24N3O4S+. The van der Waals surface area contributed by atoms with E-state index in [1.165, 1.54) is 16.9 Å². The Hall–Kier alpha value is -2.55. The first-order valence-corrected chi connectivity index (χ1v) is 9.89. The number of hydrogen-bond donors (Lipinski definition) is 2. The highest BCUT2D eigenvalue weighted by molar-refractivity contribution is 7.20. The van der Waals surface area contributed by atoms with Crippen molar-refractivity contribution in [3.05, 3.63) is 62.5 Å². The van der Waals surface area contributed by atoms with E-state index in [0.717, 1.165) is 0 Å². The Bertz CT molecular complexity index is 1010. The van der Waals surface area contributed by atoms with Gasteiger partial charge in [-0.3, -0.25) is 4.79 Å². The molecule has 7 nitrogen and oxygen atoms in total. The summed E-state index contributed by atoms with van der Waals surface area (Å²) in [5.74, 6) is 0.128. The van der Waals surface area contributed by atoms with Crippen molar-refractivity contribution in [2.24, 2.45) is 0 Å². The van der Waals surface area contributed by atoms with Gasteiger partial charge in [0.15, 0.2) is 5.82 Å². The molecule has 0 aliphatic rings. The topological polar surface area (TPSA) is 97.9 Å². The van der Waals surface area contributed by atoms with Gasteiger partial charge >= 0.3 is 5.97 Å². The second-order valence-corrected chi connectivity index (χ2v) is 7.52. The van der Waals surface area contributed by atoms with Crippen LogP contribution in [0.15, 0.2) is 35.1 Å². The number of thiophene rings is 1. The van der Waals surface area contributed by atoms with E-state index in [9.17, 15) is 9.59 Å². The highest BCUT2D eigenvalue weighted by Gasteiger charge is 2.21. The number of quaternary nitrogens is 1. The van der Waals surface area contributed by atoms with E-state index in [0.29, 0.717) is 39.6 Å². The molecule has 148 valence electrons. The molecule has 1 aromatic carbocycles. The van der Waals surface area contributed by atoms with Crippen molar-refractivity contribution in [2.45, 2.75) is 26.4 Å². The van der Waals surface area contributed by atoms with Gasteiger partial charge < -0.3 is 19.8 Å². The van der Waals surface area contributed by atoms with Crippen LogP contribution in [0.3, 0.4) is 0 Å². The van der Waals surface area contributed by atoms with Crippen molar-refractivity contribution >= 4 is 27.5 Å². The Kier molecular flexibility index (Phi) is 6.56. The number of fused-ring (bicyclic) bond motifs is 1. The molecule has 0 amide bonds. The van der Waals surface area contributed by atoms with E-state index in [2.05, 4.69) is 34.3 Å². The van der Waals surface area contributed by atoms with Gasteiger partial charge in [0.05, 0.1) is 12.0 Å². The summed E-state index contributed by atoms with van der Waals surface area (Å²) in [5, 5.41) is 2.56. The summed E-state index contributed by atoms with van der Waals surface area (Å²) in [5.41, 5.74) is 1.58. The summed E-state index contributed by atoms with van der Waals surface area (Å²) < 4.78 is 10.1. The van der Waals surface area contributed by atoms with Gasteiger partial charge in [0.1, 0.15) is 28.9 Å². The van der Waals surface area contributed by atoms with Crippen LogP contribution in [-0.2, 0) is 16.0 Å². The standard InChI is InChI=1S/C20H23N3O4S/c1-12-16-18(24)22-15(11-21-13(2)14-7-5-4-6-8-14)23-19(16)28-17(12)20(25)27-10-9-26-3/h4-8,13,21H,9-11H2,1-3H3,(H,22,23,24)/p+1/t13-/m1/s1. The number of nitrogens with two attached hydrogens (primary N) is 1. The van der Waals surface area contributed by atoms with Crippen LogP contribution < -0.4 is 10.9 Å². The van der Waals surface area contributed by atoms with E-state index in [1.807, 2.05) is 18.2 Å². The molecule has 0 unspecified atom stereocenters. The monoisotopic (exact) mass is 402 g/mol. The molecule has 0 bridgehead atoms. The molecule has 2 aromatic heterocycles. The number of aromatic nitrogens is 2. The van der Waals surface area contributed by atoms with E-state index in [-0.39, 0.29) is 18.2 Å². The van der Waals surface area contributed by atoms with Crippen LogP contribution >= 0.6 is 11.3 Å². The maximum absolute atomic E-state index is 12.6. The van der Waals surface area contributed by atoms with Gasteiger partial charge in [0, 0.05) is 12.7 Å². The molecule has 0 saturated carbocycles. The molecule has 2 heterocycles. The van der Waals surface area contributed by atoms with Crippen molar-refractivity contribution in [3.8, 4) is 0 Å².